The van der Waals surface area contributed by atoms with Gasteiger partial charge in [0.2, 0.25) is 11.7 Å². The van der Waals surface area contributed by atoms with E-state index < -0.39 is 11.8 Å². The van der Waals surface area contributed by atoms with Crippen LogP contribution in [0.1, 0.15) is 15.9 Å². The lowest BCUT2D eigenvalue weighted by atomic mass is 10.1. The summed E-state index contributed by atoms with van der Waals surface area (Å²) in [7, 11) is 6.06. The third-order valence-electron chi connectivity index (χ3n) is 6.38. The van der Waals surface area contributed by atoms with E-state index in [0.29, 0.717) is 45.5 Å². The highest BCUT2D eigenvalue weighted by molar-refractivity contribution is 8.00. The van der Waals surface area contributed by atoms with E-state index in [2.05, 4.69) is 16.0 Å². The summed E-state index contributed by atoms with van der Waals surface area (Å²) >= 11 is 1.36. The Hall–Kier alpha value is -5.42. The average Bonchev–Trinajstić information content (AvgIpc) is 3.07. The Morgan fingerprint density at radius 1 is 0.711 bits per heavy atom. The first-order valence-electron chi connectivity index (χ1n) is 13.7. The van der Waals surface area contributed by atoms with Crippen LogP contribution >= 0.6 is 11.8 Å². The van der Waals surface area contributed by atoms with Gasteiger partial charge in [-0.05, 0) is 84.4 Å². The molecule has 0 aliphatic heterocycles. The molecule has 4 aromatic carbocycles. The number of rotatable bonds is 13. The predicted molar refractivity (Wildman–Crippen MR) is 175 cm³/mol. The molecule has 0 heterocycles. The Balaban J connectivity index is 1.48. The number of nitrogens with one attached hydrogen (secondary N) is 3. The van der Waals surface area contributed by atoms with Gasteiger partial charge in [0.05, 0.1) is 34.2 Å². The lowest BCUT2D eigenvalue weighted by Crippen LogP contribution is -2.30. The van der Waals surface area contributed by atoms with Crippen LogP contribution in [0.15, 0.2) is 102 Å². The first-order chi connectivity index (χ1) is 21.8. The summed E-state index contributed by atoms with van der Waals surface area (Å²) < 4.78 is 21.4. The second-order valence-corrected chi connectivity index (χ2v) is 10.4. The van der Waals surface area contributed by atoms with Crippen molar-refractivity contribution in [3.63, 3.8) is 0 Å². The monoisotopic (exact) mass is 627 g/mol. The number of benzene rings is 4. The molecule has 0 aliphatic rings. The van der Waals surface area contributed by atoms with Crippen LogP contribution in [-0.2, 0) is 9.59 Å². The first kappa shape index (κ1) is 32.5. The van der Waals surface area contributed by atoms with Gasteiger partial charge in [-0.25, -0.2) is 0 Å². The normalized spacial score (nSPS) is 10.8. The van der Waals surface area contributed by atoms with Gasteiger partial charge < -0.3 is 34.9 Å². The number of carbonyl (C=O) groups excluding carboxylic acids is 3. The van der Waals surface area contributed by atoms with Crippen molar-refractivity contribution in [2.75, 3.05) is 44.8 Å². The van der Waals surface area contributed by atoms with Crippen LogP contribution in [0.5, 0.6) is 23.0 Å². The summed E-state index contributed by atoms with van der Waals surface area (Å²) in [6, 6.07) is 26.0. The third-order valence-corrected chi connectivity index (χ3v) is 7.39. The summed E-state index contributed by atoms with van der Waals surface area (Å²) in [5.74, 6) is 0.926. The second-order valence-electron chi connectivity index (χ2n) is 9.38. The largest absolute Gasteiger partial charge is 0.497 e. The molecule has 0 unspecified atom stereocenters. The lowest BCUT2D eigenvalue weighted by molar-refractivity contribution is -0.114. The fraction of sp³-hybridized carbons (Fsp3) is 0.147. The number of hydrogen-bond donors (Lipinski definition) is 3. The van der Waals surface area contributed by atoms with E-state index in [1.54, 1.807) is 98.1 Å². The van der Waals surface area contributed by atoms with Gasteiger partial charge in [-0.3, -0.25) is 14.4 Å². The predicted octanol–water partition coefficient (Wildman–Crippen LogP) is 5.86. The van der Waals surface area contributed by atoms with Crippen LogP contribution in [0.2, 0.25) is 0 Å². The van der Waals surface area contributed by atoms with Crippen LogP contribution in [0.3, 0.4) is 0 Å². The number of hydrogen-bond acceptors (Lipinski definition) is 8. The number of thioether (sulfide) groups is 1. The van der Waals surface area contributed by atoms with Gasteiger partial charge in [-0.15, -0.1) is 11.8 Å². The van der Waals surface area contributed by atoms with Crippen molar-refractivity contribution in [1.82, 2.24) is 5.32 Å². The van der Waals surface area contributed by atoms with E-state index in [4.69, 9.17) is 18.9 Å². The van der Waals surface area contributed by atoms with E-state index in [1.807, 2.05) is 0 Å². The van der Waals surface area contributed by atoms with Crippen LogP contribution in [0.25, 0.3) is 6.08 Å². The molecule has 10 nitrogen and oxygen atoms in total. The fourth-order valence-electron chi connectivity index (χ4n) is 4.15. The van der Waals surface area contributed by atoms with E-state index in [1.165, 1.54) is 39.2 Å². The van der Waals surface area contributed by atoms with E-state index >= 15 is 0 Å². The minimum atomic E-state index is -0.549. The van der Waals surface area contributed by atoms with Gasteiger partial charge in [0.15, 0.2) is 11.5 Å². The zero-order valence-electron chi connectivity index (χ0n) is 25.2. The molecule has 232 valence electrons. The summed E-state index contributed by atoms with van der Waals surface area (Å²) in [5, 5.41) is 8.39. The van der Waals surface area contributed by atoms with E-state index in [0.717, 1.165) is 4.90 Å². The minimum Gasteiger partial charge on any atom is -0.497 e. The smallest absolute Gasteiger partial charge is 0.272 e. The molecule has 0 radical (unpaired) electrons. The molecule has 11 heteroatoms. The molecule has 4 rings (SSSR count). The molecule has 0 aliphatic carbocycles. The molecule has 3 N–H and O–H groups in total. The highest BCUT2D eigenvalue weighted by atomic mass is 32.2. The Kier molecular flexibility index (Phi) is 11.5. The number of anilines is 2. The summed E-state index contributed by atoms with van der Waals surface area (Å²) in [5.41, 5.74) is 2.08. The molecular formula is C34H33N3O7S. The standard InChI is InChI=1S/C34H33N3O7S/c1-41-26-14-10-24(11-15-26)35-31(38)21-45-27-16-12-25(13-17-27)36-34(40)28(37-33(39)23-8-6-5-7-9-23)18-22-19-29(42-2)32(44-4)30(20-22)43-3/h5-20H,21H2,1-4H3,(H,35,38)(H,36,40)(H,37,39)/b28-18-. The molecule has 3 amide bonds. The maximum Gasteiger partial charge on any atom is 0.272 e. The number of carbonyl (C=O) groups is 3. The molecule has 0 saturated heterocycles. The molecule has 0 bridgehead atoms. The summed E-state index contributed by atoms with van der Waals surface area (Å²) in [6.45, 7) is 0. The maximum atomic E-state index is 13.5. The van der Waals surface area contributed by atoms with Crippen LogP contribution in [-0.4, -0.2) is 51.9 Å². The summed E-state index contributed by atoms with van der Waals surface area (Å²) in [6.07, 6.45) is 1.52. The van der Waals surface area contributed by atoms with Crippen molar-refractivity contribution in [2.24, 2.45) is 0 Å². The van der Waals surface area contributed by atoms with Gasteiger partial charge in [0.1, 0.15) is 11.4 Å². The van der Waals surface area contributed by atoms with Gasteiger partial charge in [0, 0.05) is 21.8 Å². The fourth-order valence-corrected chi connectivity index (χ4v) is 4.85. The van der Waals surface area contributed by atoms with Gasteiger partial charge in [-0.2, -0.15) is 0 Å². The molecule has 0 fully saturated rings. The highest BCUT2D eigenvalue weighted by Crippen LogP contribution is 2.38. The Bertz CT molecular complexity index is 1630. The maximum absolute atomic E-state index is 13.5. The zero-order chi connectivity index (χ0) is 32.2. The van der Waals surface area contributed by atoms with Crippen LogP contribution in [0.4, 0.5) is 11.4 Å². The van der Waals surface area contributed by atoms with Crippen molar-refractivity contribution >= 4 is 46.9 Å². The minimum absolute atomic E-state index is 0.00761. The second kappa shape index (κ2) is 15.9. The van der Waals surface area contributed by atoms with Crippen molar-refractivity contribution in [1.29, 1.82) is 0 Å². The van der Waals surface area contributed by atoms with Crippen molar-refractivity contribution < 1.29 is 33.3 Å². The topological polar surface area (TPSA) is 124 Å². The highest BCUT2D eigenvalue weighted by Gasteiger charge is 2.18. The van der Waals surface area contributed by atoms with Crippen molar-refractivity contribution in [2.45, 2.75) is 4.90 Å². The van der Waals surface area contributed by atoms with Crippen molar-refractivity contribution in [3.05, 3.63) is 108 Å². The quantitative estimate of drug-likeness (QED) is 0.124. The van der Waals surface area contributed by atoms with Crippen LogP contribution in [0, 0.1) is 0 Å². The third kappa shape index (κ3) is 9.04. The summed E-state index contributed by atoms with van der Waals surface area (Å²) in [4.78, 5) is 39.7. The Morgan fingerprint density at radius 2 is 1.31 bits per heavy atom. The lowest BCUT2D eigenvalue weighted by Gasteiger charge is -2.15. The Morgan fingerprint density at radius 3 is 1.89 bits per heavy atom. The van der Waals surface area contributed by atoms with E-state index in [-0.39, 0.29) is 17.4 Å². The Labute approximate surface area is 265 Å². The first-order valence-corrected chi connectivity index (χ1v) is 14.7. The molecule has 0 atom stereocenters. The number of methoxy groups -OCH3 is 4. The SMILES string of the molecule is COc1ccc(NC(=O)CSc2ccc(NC(=O)/C(=C/c3cc(OC)c(OC)c(OC)c3)NC(=O)c3ccccc3)cc2)cc1. The van der Waals surface area contributed by atoms with Gasteiger partial charge >= 0.3 is 0 Å². The molecule has 0 saturated carbocycles. The molecule has 0 aromatic heterocycles. The molecule has 4 aromatic rings. The molecule has 0 spiro atoms. The van der Waals surface area contributed by atoms with Gasteiger partial charge in [-0.1, -0.05) is 18.2 Å². The van der Waals surface area contributed by atoms with E-state index in [9.17, 15) is 14.4 Å². The van der Waals surface area contributed by atoms with Gasteiger partial charge in [0.25, 0.3) is 11.8 Å². The molecular weight excluding hydrogens is 594 g/mol. The number of ether oxygens (including phenoxy) is 4. The van der Waals surface area contributed by atoms with Crippen LogP contribution < -0.4 is 34.9 Å². The number of amides is 3. The average molecular weight is 628 g/mol. The molecule has 45 heavy (non-hydrogen) atoms. The zero-order valence-corrected chi connectivity index (χ0v) is 26.0. The van der Waals surface area contributed by atoms with Crippen molar-refractivity contribution in [3.8, 4) is 23.0 Å².